The van der Waals surface area contributed by atoms with Gasteiger partial charge >= 0.3 is 6.18 Å². The van der Waals surface area contributed by atoms with E-state index in [1.807, 2.05) is 0 Å². The van der Waals surface area contributed by atoms with Gasteiger partial charge in [-0.1, -0.05) is 6.92 Å². The highest BCUT2D eigenvalue weighted by Gasteiger charge is 2.37. The van der Waals surface area contributed by atoms with Crippen molar-refractivity contribution in [2.75, 3.05) is 6.54 Å². The van der Waals surface area contributed by atoms with Gasteiger partial charge in [-0.3, -0.25) is 4.79 Å². The van der Waals surface area contributed by atoms with Crippen molar-refractivity contribution in [3.63, 3.8) is 0 Å². The second-order valence-corrected chi connectivity index (χ2v) is 7.60. The number of carbonyl (C=O) groups excluding carboxylic acids is 1. The van der Waals surface area contributed by atoms with Gasteiger partial charge in [-0.2, -0.15) is 18.3 Å². The number of carbonyl (C=O) groups is 1. The van der Waals surface area contributed by atoms with E-state index >= 15 is 0 Å². The lowest BCUT2D eigenvalue weighted by Crippen LogP contribution is -2.30. The van der Waals surface area contributed by atoms with E-state index < -0.39 is 11.9 Å². The molecule has 1 unspecified atom stereocenters. The van der Waals surface area contributed by atoms with Crippen LogP contribution in [0.1, 0.15) is 58.3 Å². The van der Waals surface area contributed by atoms with Gasteiger partial charge in [0.2, 0.25) is 0 Å². The Kier molecular flexibility index (Phi) is 4.60. The molecule has 0 bridgehead atoms. The van der Waals surface area contributed by atoms with Crippen molar-refractivity contribution in [2.45, 2.75) is 45.3 Å². The fourth-order valence-corrected chi connectivity index (χ4v) is 4.30. The summed E-state index contributed by atoms with van der Waals surface area (Å²) in [6.45, 7) is 4.06. The number of likely N-dealkylation sites (tertiary alicyclic amines) is 1. The van der Waals surface area contributed by atoms with Gasteiger partial charge in [-0.15, -0.1) is 11.3 Å². The lowest BCUT2D eigenvalue weighted by molar-refractivity contribution is -0.142. The SMILES string of the molecule is CCc1cc(C(F)(F)F)n2nc(C3CCCN3C(=O)c3scnc3C)cc2n1. The smallest absolute Gasteiger partial charge is 0.329 e. The maximum atomic E-state index is 13.5. The standard InChI is InChI=1S/C18H18F3N5OS/c1-3-11-7-14(18(19,20)21)26-15(23-11)8-12(24-26)13-5-4-6-25(13)17(27)16-10(2)22-9-28-16/h7-9,13H,3-6H2,1-2H3. The average Bonchev–Trinajstić information content (AvgIpc) is 3.37. The molecule has 4 rings (SSSR count). The molecule has 1 aliphatic rings. The molecule has 6 nitrogen and oxygen atoms in total. The monoisotopic (exact) mass is 409 g/mol. The van der Waals surface area contributed by atoms with Gasteiger partial charge in [-0.25, -0.2) is 14.5 Å². The highest BCUT2D eigenvalue weighted by Crippen LogP contribution is 2.35. The maximum Gasteiger partial charge on any atom is 0.433 e. The Morgan fingerprint density at radius 3 is 2.79 bits per heavy atom. The van der Waals surface area contributed by atoms with Crippen molar-refractivity contribution in [3.8, 4) is 0 Å². The van der Waals surface area contributed by atoms with Crippen LogP contribution in [0.25, 0.3) is 5.65 Å². The molecule has 0 radical (unpaired) electrons. The van der Waals surface area contributed by atoms with Gasteiger partial charge in [-0.05, 0) is 32.3 Å². The van der Waals surface area contributed by atoms with Crippen LogP contribution in [0.4, 0.5) is 13.2 Å². The van der Waals surface area contributed by atoms with Gasteiger partial charge in [0.15, 0.2) is 5.65 Å². The molecule has 148 valence electrons. The highest BCUT2D eigenvalue weighted by atomic mass is 32.1. The summed E-state index contributed by atoms with van der Waals surface area (Å²) in [7, 11) is 0. The molecule has 1 atom stereocenters. The van der Waals surface area contributed by atoms with Crippen LogP contribution in [0.3, 0.4) is 0 Å². The quantitative estimate of drug-likeness (QED) is 0.655. The summed E-state index contributed by atoms with van der Waals surface area (Å²) in [6, 6.07) is 2.22. The minimum Gasteiger partial charge on any atom is -0.329 e. The number of alkyl halides is 3. The summed E-state index contributed by atoms with van der Waals surface area (Å²) in [4.78, 5) is 23.5. The Bertz CT molecular complexity index is 1040. The third-order valence-corrected chi connectivity index (χ3v) is 5.86. The van der Waals surface area contributed by atoms with Crippen molar-refractivity contribution in [2.24, 2.45) is 0 Å². The topological polar surface area (TPSA) is 63.4 Å². The Hall–Kier alpha value is -2.49. The first-order chi connectivity index (χ1) is 13.3. The molecule has 1 saturated heterocycles. The summed E-state index contributed by atoms with van der Waals surface area (Å²) in [5.74, 6) is -0.155. The number of amides is 1. The van der Waals surface area contributed by atoms with Crippen LogP contribution in [-0.2, 0) is 12.6 Å². The summed E-state index contributed by atoms with van der Waals surface area (Å²) < 4.78 is 41.3. The largest absolute Gasteiger partial charge is 0.433 e. The third kappa shape index (κ3) is 3.15. The molecular formula is C18H18F3N5OS. The number of hydrogen-bond donors (Lipinski definition) is 0. The molecule has 3 aromatic rings. The first kappa shape index (κ1) is 18.9. The van der Waals surface area contributed by atoms with E-state index in [2.05, 4.69) is 15.1 Å². The summed E-state index contributed by atoms with van der Waals surface area (Å²) >= 11 is 1.27. The Labute approximate surface area is 163 Å². The van der Waals surface area contributed by atoms with Gasteiger partial charge in [0.25, 0.3) is 5.91 Å². The minimum atomic E-state index is -4.54. The lowest BCUT2D eigenvalue weighted by Gasteiger charge is -2.22. The number of halogens is 3. The number of rotatable bonds is 3. The lowest BCUT2D eigenvalue weighted by atomic mass is 10.1. The van der Waals surface area contributed by atoms with E-state index in [9.17, 15) is 18.0 Å². The van der Waals surface area contributed by atoms with Crippen molar-refractivity contribution >= 4 is 22.9 Å². The fourth-order valence-electron chi connectivity index (χ4n) is 3.55. The van der Waals surface area contributed by atoms with Gasteiger partial charge < -0.3 is 4.90 Å². The molecule has 0 spiro atoms. The molecule has 4 heterocycles. The van der Waals surface area contributed by atoms with Gasteiger partial charge in [0, 0.05) is 18.3 Å². The molecule has 0 saturated carbocycles. The molecule has 3 aromatic heterocycles. The van der Waals surface area contributed by atoms with E-state index in [4.69, 9.17) is 0 Å². The summed E-state index contributed by atoms with van der Waals surface area (Å²) in [6.07, 6.45) is -2.74. The zero-order valence-electron chi connectivity index (χ0n) is 15.3. The predicted octanol–water partition coefficient (Wildman–Crippen LogP) is 4.05. The van der Waals surface area contributed by atoms with E-state index in [0.717, 1.165) is 17.0 Å². The highest BCUT2D eigenvalue weighted by molar-refractivity contribution is 7.11. The molecule has 0 aromatic carbocycles. The van der Waals surface area contributed by atoms with Crippen molar-refractivity contribution in [3.05, 3.63) is 45.3 Å². The van der Waals surface area contributed by atoms with E-state index in [1.165, 1.54) is 11.3 Å². The zero-order chi connectivity index (χ0) is 20.1. The summed E-state index contributed by atoms with van der Waals surface area (Å²) in [5, 5.41) is 4.20. The number of hydrogen-bond acceptors (Lipinski definition) is 5. The van der Waals surface area contributed by atoms with Crippen LogP contribution in [0.15, 0.2) is 17.6 Å². The number of nitrogens with zero attached hydrogens (tertiary/aromatic N) is 5. The molecule has 0 aliphatic carbocycles. The van der Waals surface area contributed by atoms with E-state index in [-0.39, 0.29) is 17.6 Å². The first-order valence-electron chi connectivity index (χ1n) is 8.97. The van der Waals surface area contributed by atoms with Crippen molar-refractivity contribution < 1.29 is 18.0 Å². The fraction of sp³-hybridized carbons (Fsp3) is 0.444. The van der Waals surface area contributed by atoms with Crippen LogP contribution >= 0.6 is 11.3 Å². The Balaban J connectivity index is 1.76. The van der Waals surface area contributed by atoms with Gasteiger partial charge in [0.1, 0.15) is 10.6 Å². The molecule has 1 amide bonds. The predicted molar refractivity (Wildman–Crippen MR) is 97.2 cm³/mol. The average molecular weight is 409 g/mol. The first-order valence-corrected chi connectivity index (χ1v) is 9.85. The minimum absolute atomic E-state index is 0.148. The maximum absolute atomic E-state index is 13.5. The molecule has 10 heteroatoms. The third-order valence-electron chi connectivity index (χ3n) is 4.95. The number of fused-ring (bicyclic) bond motifs is 1. The van der Waals surface area contributed by atoms with E-state index in [0.29, 0.717) is 41.3 Å². The van der Waals surface area contributed by atoms with Crippen molar-refractivity contribution in [1.29, 1.82) is 0 Å². The van der Waals surface area contributed by atoms with Crippen LogP contribution in [0.5, 0.6) is 0 Å². The zero-order valence-corrected chi connectivity index (χ0v) is 16.1. The van der Waals surface area contributed by atoms with Gasteiger partial charge in [0.05, 0.1) is 22.9 Å². The summed E-state index contributed by atoms with van der Waals surface area (Å²) in [5.41, 5.74) is 2.35. The molecule has 1 aliphatic heterocycles. The molecular weight excluding hydrogens is 391 g/mol. The Morgan fingerprint density at radius 2 is 2.14 bits per heavy atom. The van der Waals surface area contributed by atoms with Crippen LogP contribution in [-0.4, -0.2) is 36.9 Å². The van der Waals surface area contributed by atoms with Crippen LogP contribution in [0.2, 0.25) is 0 Å². The second-order valence-electron chi connectivity index (χ2n) is 6.75. The second kappa shape index (κ2) is 6.84. The normalized spacial score (nSPS) is 17.6. The van der Waals surface area contributed by atoms with Crippen LogP contribution < -0.4 is 0 Å². The molecule has 1 fully saturated rings. The van der Waals surface area contributed by atoms with Crippen molar-refractivity contribution in [1.82, 2.24) is 24.5 Å². The number of thiazole rings is 1. The molecule has 28 heavy (non-hydrogen) atoms. The van der Waals surface area contributed by atoms with E-state index in [1.54, 1.807) is 30.3 Å². The molecule has 0 N–H and O–H groups in total. The number of aryl methyl sites for hydroxylation is 2. The van der Waals surface area contributed by atoms with Crippen LogP contribution in [0, 0.1) is 6.92 Å². The Morgan fingerprint density at radius 1 is 1.36 bits per heavy atom. The number of aromatic nitrogens is 4.